The van der Waals surface area contributed by atoms with Crippen LogP contribution in [0.5, 0.6) is 5.75 Å². The molecule has 2 amide bonds. The maximum absolute atomic E-state index is 12.5. The molecule has 1 aliphatic carbocycles. The van der Waals surface area contributed by atoms with Crippen LogP contribution in [0.25, 0.3) is 0 Å². The summed E-state index contributed by atoms with van der Waals surface area (Å²) in [6, 6.07) is 7.29. The van der Waals surface area contributed by atoms with Gasteiger partial charge in [0.2, 0.25) is 0 Å². The average molecular weight is 348 g/mol. The van der Waals surface area contributed by atoms with Crippen molar-refractivity contribution in [2.45, 2.75) is 52.0 Å². The van der Waals surface area contributed by atoms with Gasteiger partial charge in [-0.1, -0.05) is 25.3 Å². The van der Waals surface area contributed by atoms with E-state index in [0.29, 0.717) is 30.6 Å². The van der Waals surface area contributed by atoms with Crippen molar-refractivity contribution in [3.8, 4) is 5.75 Å². The fourth-order valence-electron chi connectivity index (χ4n) is 3.21. The molecule has 1 aromatic rings. The van der Waals surface area contributed by atoms with Gasteiger partial charge in [-0.3, -0.25) is 10.1 Å². The number of likely N-dealkylation sites (N-methyl/N-ethyl adjacent to an activating group) is 1. The Morgan fingerprint density at radius 3 is 2.64 bits per heavy atom. The number of amides is 2. The van der Waals surface area contributed by atoms with Crippen LogP contribution in [0.3, 0.4) is 0 Å². The first-order valence-electron chi connectivity index (χ1n) is 9.10. The van der Waals surface area contributed by atoms with Crippen molar-refractivity contribution in [3.63, 3.8) is 0 Å². The van der Waals surface area contributed by atoms with Gasteiger partial charge in [-0.05, 0) is 38.8 Å². The van der Waals surface area contributed by atoms with E-state index in [0.717, 1.165) is 12.8 Å². The Labute approximate surface area is 149 Å². The van der Waals surface area contributed by atoms with Crippen LogP contribution in [-0.4, -0.2) is 42.7 Å². The van der Waals surface area contributed by atoms with Gasteiger partial charge in [0, 0.05) is 24.3 Å². The van der Waals surface area contributed by atoms with E-state index in [1.165, 1.54) is 19.3 Å². The number of hydrogen-bond donors (Lipinski definition) is 1. The molecule has 0 atom stereocenters. The molecule has 1 N–H and O–H groups in total. The summed E-state index contributed by atoms with van der Waals surface area (Å²) in [5.74, 6) is 0.556. The Morgan fingerprint density at radius 2 is 1.96 bits per heavy atom. The smallest absolute Gasteiger partial charge is 0.411 e. The predicted octanol–water partition coefficient (Wildman–Crippen LogP) is 3.82. The predicted molar refractivity (Wildman–Crippen MR) is 96.8 cm³/mol. The van der Waals surface area contributed by atoms with Gasteiger partial charge in [0.05, 0.1) is 6.61 Å². The normalized spacial score (nSPS) is 14.6. The van der Waals surface area contributed by atoms with Gasteiger partial charge >= 0.3 is 6.09 Å². The maximum atomic E-state index is 12.5. The Hall–Kier alpha value is -2.24. The van der Waals surface area contributed by atoms with E-state index in [2.05, 4.69) is 5.32 Å². The summed E-state index contributed by atoms with van der Waals surface area (Å²) < 4.78 is 10.5. The van der Waals surface area contributed by atoms with Crippen LogP contribution >= 0.6 is 0 Å². The second-order valence-corrected chi connectivity index (χ2v) is 6.13. The molecule has 0 spiro atoms. The van der Waals surface area contributed by atoms with Crippen molar-refractivity contribution >= 4 is 17.7 Å². The second kappa shape index (κ2) is 9.91. The lowest BCUT2D eigenvalue weighted by Gasteiger charge is -2.33. The standard InChI is InChI=1S/C19H28N2O4/c1-3-21(16-10-6-5-7-11-16)18(22)14-25-17-12-8-9-15(13-17)20-19(23)24-4-2/h8-9,12-13,16H,3-7,10-11,14H2,1-2H3,(H,20,23). The molecule has 0 unspecified atom stereocenters. The molecule has 25 heavy (non-hydrogen) atoms. The van der Waals surface area contributed by atoms with Gasteiger partial charge in [0.1, 0.15) is 5.75 Å². The van der Waals surface area contributed by atoms with Crippen LogP contribution < -0.4 is 10.1 Å². The van der Waals surface area contributed by atoms with Crippen LogP contribution in [0.15, 0.2) is 24.3 Å². The van der Waals surface area contributed by atoms with Gasteiger partial charge in [0.15, 0.2) is 6.61 Å². The highest BCUT2D eigenvalue weighted by Crippen LogP contribution is 2.23. The number of nitrogens with zero attached hydrogens (tertiary/aromatic N) is 1. The second-order valence-electron chi connectivity index (χ2n) is 6.13. The highest BCUT2D eigenvalue weighted by Gasteiger charge is 2.24. The van der Waals surface area contributed by atoms with E-state index < -0.39 is 6.09 Å². The number of carbonyl (C=O) groups is 2. The third-order valence-electron chi connectivity index (χ3n) is 4.39. The molecule has 6 heteroatoms. The number of carbonyl (C=O) groups excluding carboxylic acids is 2. The third-order valence-corrected chi connectivity index (χ3v) is 4.39. The Balaban J connectivity index is 1.88. The minimum Gasteiger partial charge on any atom is -0.484 e. The number of anilines is 1. The number of hydrogen-bond acceptors (Lipinski definition) is 4. The van der Waals surface area contributed by atoms with Crippen molar-refractivity contribution < 1.29 is 19.1 Å². The fourth-order valence-corrected chi connectivity index (χ4v) is 3.21. The van der Waals surface area contributed by atoms with E-state index >= 15 is 0 Å². The van der Waals surface area contributed by atoms with Gasteiger partial charge in [-0.2, -0.15) is 0 Å². The topological polar surface area (TPSA) is 67.9 Å². The first-order chi connectivity index (χ1) is 12.1. The number of ether oxygens (including phenoxy) is 2. The van der Waals surface area contributed by atoms with Crippen molar-refractivity contribution in [2.75, 3.05) is 25.1 Å². The summed E-state index contributed by atoms with van der Waals surface area (Å²) in [7, 11) is 0. The monoisotopic (exact) mass is 348 g/mol. The van der Waals surface area contributed by atoms with Crippen molar-refractivity contribution in [1.82, 2.24) is 4.90 Å². The summed E-state index contributed by atoms with van der Waals surface area (Å²) in [5.41, 5.74) is 0.572. The molecular formula is C19H28N2O4. The highest BCUT2D eigenvalue weighted by atomic mass is 16.5. The SMILES string of the molecule is CCOC(=O)Nc1cccc(OCC(=O)N(CC)C2CCCCC2)c1. The largest absolute Gasteiger partial charge is 0.484 e. The molecule has 0 heterocycles. The first kappa shape index (κ1) is 19.1. The third kappa shape index (κ3) is 5.96. The molecule has 1 saturated carbocycles. The van der Waals surface area contributed by atoms with Crippen molar-refractivity contribution in [1.29, 1.82) is 0 Å². The Morgan fingerprint density at radius 1 is 1.20 bits per heavy atom. The zero-order valence-electron chi connectivity index (χ0n) is 15.1. The van der Waals surface area contributed by atoms with E-state index in [-0.39, 0.29) is 12.5 Å². The molecule has 2 rings (SSSR count). The first-order valence-corrected chi connectivity index (χ1v) is 9.10. The zero-order chi connectivity index (χ0) is 18.1. The van der Waals surface area contributed by atoms with Crippen LogP contribution in [-0.2, 0) is 9.53 Å². The average Bonchev–Trinajstić information content (AvgIpc) is 2.62. The lowest BCUT2D eigenvalue weighted by molar-refractivity contribution is -0.136. The van der Waals surface area contributed by atoms with Crippen molar-refractivity contribution in [2.24, 2.45) is 0 Å². The number of benzene rings is 1. The molecule has 1 fully saturated rings. The van der Waals surface area contributed by atoms with E-state index in [9.17, 15) is 9.59 Å². The van der Waals surface area contributed by atoms with Crippen LogP contribution in [0.4, 0.5) is 10.5 Å². The van der Waals surface area contributed by atoms with E-state index in [1.807, 2.05) is 11.8 Å². The van der Waals surface area contributed by atoms with Crippen molar-refractivity contribution in [3.05, 3.63) is 24.3 Å². The maximum Gasteiger partial charge on any atom is 0.411 e. The minimum absolute atomic E-state index is 0.00714. The van der Waals surface area contributed by atoms with Crippen LogP contribution in [0, 0.1) is 0 Å². The lowest BCUT2D eigenvalue weighted by Crippen LogP contribution is -2.43. The molecule has 0 aromatic heterocycles. The summed E-state index contributed by atoms with van der Waals surface area (Å²) >= 11 is 0. The van der Waals surface area contributed by atoms with Crippen LogP contribution in [0.1, 0.15) is 46.0 Å². The van der Waals surface area contributed by atoms with Gasteiger partial charge < -0.3 is 14.4 Å². The molecular weight excluding hydrogens is 320 g/mol. The molecule has 0 bridgehead atoms. The van der Waals surface area contributed by atoms with Gasteiger partial charge in [-0.25, -0.2) is 4.79 Å². The summed E-state index contributed by atoms with van der Waals surface area (Å²) in [6.07, 6.45) is 5.30. The molecule has 1 aliphatic rings. The Bertz CT molecular complexity index is 570. The molecule has 0 aliphatic heterocycles. The Kier molecular flexibility index (Phi) is 7.57. The molecule has 6 nitrogen and oxygen atoms in total. The van der Waals surface area contributed by atoms with Gasteiger partial charge in [-0.15, -0.1) is 0 Å². The van der Waals surface area contributed by atoms with E-state index in [4.69, 9.17) is 9.47 Å². The summed E-state index contributed by atoms with van der Waals surface area (Å²) in [6.45, 7) is 4.78. The van der Waals surface area contributed by atoms with Gasteiger partial charge in [0.25, 0.3) is 5.91 Å². The number of rotatable bonds is 7. The highest BCUT2D eigenvalue weighted by molar-refractivity contribution is 5.84. The quantitative estimate of drug-likeness (QED) is 0.813. The summed E-state index contributed by atoms with van der Waals surface area (Å²) in [4.78, 5) is 25.9. The van der Waals surface area contributed by atoms with E-state index in [1.54, 1.807) is 31.2 Å². The summed E-state index contributed by atoms with van der Waals surface area (Å²) in [5, 5.41) is 2.62. The minimum atomic E-state index is -0.509. The molecule has 1 aromatic carbocycles. The molecule has 138 valence electrons. The lowest BCUT2D eigenvalue weighted by atomic mass is 9.94. The molecule has 0 radical (unpaired) electrons. The molecule has 0 saturated heterocycles. The fraction of sp³-hybridized carbons (Fsp3) is 0.579. The zero-order valence-corrected chi connectivity index (χ0v) is 15.1. The van der Waals surface area contributed by atoms with Crippen LogP contribution in [0.2, 0.25) is 0 Å². The number of nitrogens with one attached hydrogen (secondary N) is 1.